The predicted molar refractivity (Wildman–Crippen MR) is 58.2 cm³/mol. The molecule has 1 atom stereocenters. The van der Waals surface area contributed by atoms with Gasteiger partial charge in [0.25, 0.3) is 5.41 Å². The first-order chi connectivity index (χ1) is 7.50. The highest BCUT2D eigenvalue weighted by Gasteiger charge is 2.57. The smallest absolute Gasteiger partial charge is 0.306 e. The van der Waals surface area contributed by atoms with Gasteiger partial charge in [0.05, 0.1) is 13.2 Å². The maximum Gasteiger partial charge on any atom is 0.375 e. The summed E-state index contributed by atoms with van der Waals surface area (Å²) in [5.74, 6) is -0.649. The molecule has 0 aromatic heterocycles. The number of halogens is 1. The van der Waals surface area contributed by atoms with Crippen LogP contribution in [-0.4, -0.2) is 24.4 Å². The summed E-state index contributed by atoms with van der Waals surface area (Å²) in [5, 5.41) is -2.43. The summed E-state index contributed by atoms with van der Waals surface area (Å²) >= 11 is 0. The van der Waals surface area contributed by atoms with E-state index in [1.54, 1.807) is 13.8 Å². The fraction of sp³-hybridized carbons (Fsp3) is 0.900. The van der Waals surface area contributed by atoms with Crippen molar-refractivity contribution in [3.8, 4) is 0 Å². The van der Waals surface area contributed by atoms with E-state index in [1.165, 1.54) is 0 Å². The average molecular weight is 252 g/mol. The van der Waals surface area contributed by atoms with Crippen molar-refractivity contribution in [1.82, 2.24) is 0 Å². The molecule has 6 heteroatoms. The molecular weight excluding hydrogens is 234 g/mol. The zero-order valence-electron chi connectivity index (χ0n) is 9.70. The van der Waals surface area contributed by atoms with Crippen molar-refractivity contribution in [3.63, 3.8) is 0 Å². The van der Waals surface area contributed by atoms with Crippen molar-refractivity contribution >= 4 is 13.4 Å². The summed E-state index contributed by atoms with van der Waals surface area (Å²) in [6.07, 6.45) is 1.22. The molecule has 94 valence electrons. The van der Waals surface area contributed by atoms with Gasteiger partial charge in [-0.15, -0.1) is 0 Å². The van der Waals surface area contributed by atoms with Gasteiger partial charge in [0, 0.05) is 12.8 Å². The largest absolute Gasteiger partial charge is 0.375 e. The zero-order chi connectivity index (χ0) is 12.2. The number of hydrogen-bond acceptors (Lipinski definition) is 4. The molecule has 1 aliphatic rings. The van der Waals surface area contributed by atoms with Crippen LogP contribution in [0, 0.1) is 0 Å². The molecule has 0 aliphatic heterocycles. The van der Waals surface area contributed by atoms with Crippen molar-refractivity contribution in [2.24, 2.45) is 0 Å². The minimum Gasteiger partial charge on any atom is -0.306 e. The molecule has 0 amide bonds. The maximum absolute atomic E-state index is 14.5. The number of ketones is 1. The van der Waals surface area contributed by atoms with Crippen LogP contribution in [0.3, 0.4) is 0 Å². The lowest BCUT2D eigenvalue weighted by Crippen LogP contribution is -2.38. The van der Waals surface area contributed by atoms with Gasteiger partial charge < -0.3 is 9.05 Å². The Morgan fingerprint density at radius 2 is 1.88 bits per heavy atom. The summed E-state index contributed by atoms with van der Waals surface area (Å²) in [4.78, 5) is 11.6. The topological polar surface area (TPSA) is 52.6 Å². The lowest BCUT2D eigenvalue weighted by Gasteiger charge is -2.33. The molecule has 0 N–H and O–H groups in total. The molecule has 1 rings (SSSR count). The molecule has 0 aromatic carbocycles. The van der Waals surface area contributed by atoms with Gasteiger partial charge in [-0.25, -0.2) is 4.39 Å². The molecule has 1 aliphatic carbocycles. The first kappa shape index (κ1) is 13.8. The van der Waals surface area contributed by atoms with Crippen molar-refractivity contribution in [2.75, 3.05) is 13.2 Å². The maximum atomic E-state index is 14.5. The van der Waals surface area contributed by atoms with E-state index >= 15 is 0 Å². The van der Waals surface area contributed by atoms with E-state index in [1.807, 2.05) is 0 Å². The van der Waals surface area contributed by atoms with E-state index in [-0.39, 0.29) is 26.1 Å². The zero-order valence-corrected chi connectivity index (χ0v) is 10.6. The Bertz CT molecular complexity index is 297. The predicted octanol–water partition coefficient (Wildman–Crippen LogP) is 3.06. The third-order valence-electron chi connectivity index (χ3n) is 2.62. The SMILES string of the molecule is CCOP(=O)(OCC)C1(F)CCCCC1=O. The Hall–Kier alpha value is -0.250. The van der Waals surface area contributed by atoms with E-state index < -0.39 is 18.8 Å². The molecule has 0 bridgehead atoms. The molecule has 0 radical (unpaired) electrons. The van der Waals surface area contributed by atoms with Crippen LogP contribution in [0.4, 0.5) is 4.39 Å². The molecule has 0 heterocycles. The van der Waals surface area contributed by atoms with Crippen molar-refractivity contribution in [3.05, 3.63) is 0 Å². The Morgan fingerprint density at radius 1 is 1.31 bits per heavy atom. The third kappa shape index (κ3) is 2.36. The third-order valence-corrected chi connectivity index (χ3v) is 5.16. The second kappa shape index (κ2) is 5.39. The van der Waals surface area contributed by atoms with Crippen LogP contribution >= 0.6 is 7.60 Å². The van der Waals surface area contributed by atoms with Crippen molar-refractivity contribution in [2.45, 2.75) is 44.9 Å². The fourth-order valence-electron chi connectivity index (χ4n) is 1.85. The normalized spacial score (nSPS) is 27.1. The first-order valence-corrected chi connectivity index (χ1v) is 7.16. The number of alkyl halides is 1. The van der Waals surface area contributed by atoms with E-state index in [2.05, 4.69) is 0 Å². The Balaban J connectivity index is 2.99. The quantitative estimate of drug-likeness (QED) is 0.705. The lowest BCUT2D eigenvalue weighted by molar-refractivity contribution is -0.129. The van der Waals surface area contributed by atoms with E-state index in [0.29, 0.717) is 12.8 Å². The van der Waals surface area contributed by atoms with Crippen molar-refractivity contribution < 1.29 is 22.8 Å². The van der Waals surface area contributed by atoms with Crippen molar-refractivity contribution in [1.29, 1.82) is 0 Å². The van der Waals surface area contributed by atoms with Gasteiger partial charge in [-0.1, -0.05) is 0 Å². The summed E-state index contributed by atoms with van der Waals surface area (Å²) < 4.78 is 36.6. The lowest BCUT2D eigenvalue weighted by atomic mass is 9.97. The Kier molecular flexibility index (Phi) is 4.65. The number of hydrogen-bond donors (Lipinski definition) is 0. The molecule has 4 nitrogen and oxygen atoms in total. The molecule has 1 unspecified atom stereocenters. The summed E-state index contributed by atoms with van der Waals surface area (Å²) in [7, 11) is -3.98. The van der Waals surface area contributed by atoms with Crippen LogP contribution in [0.1, 0.15) is 39.5 Å². The number of carbonyl (C=O) groups is 1. The second-order valence-electron chi connectivity index (χ2n) is 3.72. The standard InChI is InChI=1S/C10H18FO4P/c1-3-14-16(13,15-4-2)10(11)8-6-5-7-9(10)12/h3-8H2,1-2H3. The van der Waals surface area contributed by atoms with Crippen LogP contribution in [0.25, 0.3) is 0 Å². The van der Waals surface area contributed by atoms with E-state index in [4.69, 9.17) is 9.05 Å². The highest BCUT2D eigenvalue weighted by Crippen LogP contribution is 2.64. The van der Waals surface area contributed by atoms with Crippen LogP contribution in [0.2, 0.25) is 0 Å². The molecular formula is C10H18FO4P. The van der Waals surface area contributed by atoms with Crippen LogP contribution < -0.4 is 0 Å². The van der Waals surface area contributed by atoms with Gasteiger partial charge in [0.2, 0.25) is 0 Å². The van der Waals surface area contributed by atoms with Crippen LogP contribution in [0.5, 0.6) is 0 Å². The van der Waals surface area contributed by atoms with Gasteiger partial charge in [0.1, 0.15) is 0 Å². The molecule has 1 saturated carbocycles. The average Bonchev–Trinajstić information content (AvgIpc) is 2.23. The summed E-state index contributed by atoms with van der Waals surface area (Å²) in [6, 6.07) is 0. The fourth-order valence-corrected chi connectivity index (χ4v) is 3.86. The molecule has 16 heavy (non-hydrogen) atoms. The molecule has 1 fully saturated rings. The Morgan fingerprint density at radius 3 is 2.31 bits per heavy atom. The van der Waals surface area contributed by atoms with Gasteiger partial charge >= 0.3 is 7.60 Å². The van der Waals surface area contributed by atoms with E-state index in [0.717, 1.165) is 0 Å². The molecule has 0 saturated heterocycles. The highest BCUT2D eigenvalue weighted by atomic mass is 31.2. The van der Waals surface area contributed by atoms with Crippen LogP contribution in [-0.2, 0) is 18.4 Å². The van der Waals surface area contributed by atoms with E-state index in [9.17, 15) is 13.8 Å². The minimum absolute atomic E-state index is 0.0657. The monoisotopic (exact) mass is 252 g/mol. The minimum atomic E-state index is -3.98. The van der Waals surface area contributed by atoms with Gasteiger partial charge in [-0.3, -0.25) is 9.36 Å². The molecule has 0 aromatic rings. The van der Waals surface area contributed by atoms with Crippen LogP contribution in [0.15, 0.2) is 0 Å². The van der Waals surface area contributed by atoms with Gasteiger partial charge in [0.15, 0.2) is 5.78 Å². The second-order valence-corrected chi connectivity index (χ2v) is 5.94. The Labute approximate surface area is 95.0 Å². The molecule has 0 spiro atoms. The first-order valence-electron chi connectivity index (χ1n) is 5.61. The number of rotatable bonds is 5. The van der Waals surface area contributed by atoms with Gasteiger partial charge in [-0.05, 0) is 26.7 Å². The number of Topliss-reactive ketones (excluding diaryl/α,β-unsaturated/α-hetero) is 1. The number of carbonyl (C=O) groups excluding carboxylic acids is 1. The van der Waals surface area contributed by atoms with Gasteiger partial charge in [-0.2, -0.15) is 0 Å². The highest BCUT2D eigenvalue weighted by molar-refractivity contribution is 7.56. The summed E-state index contributed by atoms with van der Waals surface area (Å²) in [6.45, 7) is 3.33. The summed E-state index contributed by atoms with van der Waals surface area (Å²) in [5.41, 5.74) is 0.